The second-order valence-corrected chi connectivity index (χ2v) is 9.60. The molecular formula is C15H19F3N2O4S2. The van der Waals surface area contributed by atoms with Gasteiger partial charge in [0, 0.05) is 25.0 Å². The van der Waals surface area contributed by atoms with E-state index in [0.29, 0.717) is 12.8 Å². The zero-order valence-electron chi connectivity index (χ0n) is 13.7. The number of nitrogens with zero attached hydrogens (tertiary/aromatic N) is 1. The summed E-state index contributed by atoms with van der Waals surface area (Å²) < 4.78 is 89.4. The predicted molar refractivity (Wildman–Crippen MR) is 90.0 cm³/mol. The summed E-state index contributed by atoms with van der Waals surface area (Å²) in [5, 5.41) is 0.770. The van der Waals surface area contributed by atoms with E-state index in [2.05, 4.69) is 11.3 Å². The van der Waals surface area contributed by atoms with Crippen LogP contribution in [0.2, 0.25) is 0 Å². The maximum absolute atomic E-state index is 12.6. The van der Waals surface area contributed by atoms with Gasteiger partial charge in [-0.2, -0.15) is 17.5 Å². The molecule has 0 bridgehead atoms. The van der Waals surface area contributed by atoms with Gasteiger partial charge in [-0.05, 0) is 43.0 Å². The van der Waals surface area contributed by atoms with Crippen molar-refractivity contribution < 1.29 is 30.0 Å². The first-order valence-electron chi connectivity index (χ1n) is 7.75. The van der Waals surface area contributed by atoms with Crippen LogP contribution in [0.15, 0.2) is 41.1 Å². The quantitative estimate of drug-likeness (QED) is 0.776. The van der Waals surface area contributed by atoms with Gasteiger partial charge < -0.3 is 0 Å². The summed E-state index contributed by atoms with van der Waals surface area (Å²) in [6, 6.07) is 3.32. The molecule has 0 aliphatic carbocycles. The molecular weight excluding hydrogens is 393 g/mol. The molecule has 1 aromatic carbocycles. The number of benzene rings is 1. The Labute approximate surface area is 150 Å². The van der Waals surface area contributed by atoms with Gasteiger partial charge in [-0.25, -0.2) is 21.6 Å². The summed E-state index contributed by atoms with van der Waals surface area (Å²) in [5.74, 6) is -0.234. The standard InChI is InChI=1S/C15H19F3N2O4S2/c1-2-25(21,22)19-10-12-4-3-9-20(11-12)26(23,24)14-7-5-13(6-8-14)15(16,17)18/h2,5-8,12,19H,1,3-4,9-11H2/t12-/m1/s1. The molecule has 2 rings (SSSR count). The minimum atomic E-state index is -4.54. The molecule has 1 aliphatic heterocycles. The van der Waals surface area contributed by atoms with Crippen molar-refractivity contribution in [3.63, 3.8) is 0 Å². The molecule has 0 spiro atoms. The van der Waals surface area contributed by atoms with Crippen molar-refractivity contribution in [2.45, 2.75) is 23.9 Å². The number of halogens is 3. The zero-order chi connectivity index (χ0) is 19.6. The van der Waals surface area contributed by atoms with Crippen LogP contribution in [0.3, 0.4) is 0 Å². The second kappa shape index (κ2) is 7.67. The normalized spacial score (nSPS) is 20.0. The van der Waals surface area contributed by atoms with Crippen molar-refractivity contribution in [3.05, 3.63) is 41.8 Å². The molecule has 1 aromatic rings. The van der Waals surface area contributed by atoms with E-state index in [1.165, 1.54) is 4.31 Å². The van der Waals surface area contributed by atoms with Crippen LogP contribution in [0.1, 0.15) is 18.4 Å². The second-order valence-electron chi connectivity index (χ2n) is 5.95. The predicted octanol–water partition coefficient (Wildman–Crippen LogP) is 2.17. The third-order valence-corrected chi connectivity index (χ3v) is 6.98. The van der Waals surface area contributed by atoms with Gasteiger partial charge in [0.25, 0.3) is 0 Å². The highest BCUT2D eigenvalue weighted by atomic mass is 32.2. The van der Waals surface area contributed by atoms with Gasteiger partial charge in [0.1, 0.15) is 0 Å². The van der Waals surface area contributed by atoms with E-state index >= 15 is 0 Å². The summed E-state index contributed by atoms with van der Waals surface area (Å²) in [4.78, 5) is -0.224. The molecule has 1 heterocycles. The maximum atomic E-state index is 12.6. The monoisotopic (exact) mass is 412 g/mol. The van der Waals surface area contributed by atoms with E-state index in [1.54, 1.807) is 0 Å². The first kappa shape index (κ1) is 20.9. The molecule has 0 amide bonds. The first-order valence-corrected chi connectivity index (χ1v) is 10.7. The van der Waals surface area contributed by atoms with E-state index < -0.39 is 31.8 Å². The fourth-order valence-electron chi connectivity index (χ4n) is 2.67. The fraction of sp³-hybridized carbons (Fsp3) is 0.467. The molecule has 1 aliphatic rings. The number of piperidine rings is 1. The lowest BCUT2D eigenvalue weighted by Gasteiger charge is -2.32. The van der Waals surface area contributed by atoms with Crippen molar-refractivity contribution >= 4 is 20.0 Å². The largest absolute Gasteiger partial charge is 0.416 e. The lowest BCUT2D eigenvalue weighted by atomic mass is 10.0. The Morgan fingerprint density at radius 2 is 1.81 bits per heavy atom. The minimum Gasteiger partial charge on any atom is -0.211 e. The molecule has 0 radical (unpaired) electrons. The highest BCUT2D eigenvalue weighted by molar-refractivity contribution is 7.92. The SMILES string of the molecule is C=CS(=O)(=O)NC[C@H]1CCCN(S(=O)(=O)c2ccc(C(F)(F)F)cc2)C1. The summed E-state index contributed by atoms with van der Waals surface area (Å²) in [6.45, 7) is 3.56. The number of hydrogen-bond acceptors (Lipinski definition) is 4. The lowest BCUT2D eigenvalue weighted by Crippen LogP contribution is -2.43. The van der Waals surface area contributed by atoms with Crippen molar-refractivity contribution in [3.8, 4) is 0 Å². The van der Waals surface area contributed by atoms with E-state index in [0.717, 1.165) is 29.7 Å². The number of rotatable bonds is 6. The van der Waals surface area contributed by atoms with Crippen LogP contribution in [0.4, 0.5) is 13.2 Å². The van der Waals surface area contributed by atoms with Crippen molar-refractivity contribution in [2.24, 2.45) is 5.92 Å². The third-order valence-electron chi connectivity index (χ3n) is 4.09. The van der Waals surface area contributed by atoms with Gasteiger partial charge >= 0.3 is 6.18 Å². The average molecular weight is 412 g/mol. The Kier molecular flexibility index (Phi) is 6.16. The molecule has 26 heavy (non-hydrogen) atoms. The zero-order valence-corrected chi connectivity index (χ0v) is 15.4. The Morgan fingerprint density at radius 3 is 2.35 bits per heavy atom. The molecule has 0 saturated carbocycles. The Hall–Kier alpha value is -1.43. The number of alkyl halides is 3. The van der Waals surface area contributed by atoms with Crippen LogP contribution in [0, 0.1) is 5.92 Å². The third kappa shape index (κ3) is 5.06. The Bertz CT molecular complexity index is 850. The highest BCUT2D eigenvalue weighted by Gasteiger charge is 2.33. The van der Waals surface area contributed by atoms with Gasteiger partial charge in [-0.15, -0.1) is 0 Å². The van der Waals surface area contributed by atoms with E-state index in [-0.39, 0.29) is 30.4 Å². The summed E-state index contributed by atoms with van der Waals surface area (Å²) in [7, 11) is -7.55. The van der Waals surface area contributed by atoms with Crippen molar-refractivity contribution in [1.82, 2.24) is 9.03 Å². The molecule has 1 saturated heterocycles. The lowest BCUT2D eigenvalue weighted by molar-refractivity contribution is -0.137. The summed E-state index contributed by atoms with van der Waals surface area (Å²) in [6.07, 6.45) is -3.38. The van der Waals surface area contributed by atoms with Crippen LogP contribution in [0.25, 0.3) is 0 Å². The van der Waals surface area contributed by atoms with Crippen LogP contribution in [-0.4, -0.2) is 40.8 Å². The van der Waals surface area contributed by atoms with Crippen LogP contribution < -0.4 is 4.72 Å². The number of nitrogens with one attached hydrogen (secondary N) is 1. The Morgan fingerprint density at radius 1 is 1.19 bits per heavy atom. The maximum Gasteiger partial charge on any atom is 0.416 e. The van der Waals surface area contributed by atoms with Gasteiger partial charge in [0.2, 0.25) is 20.0 Å². The molecule has 11 heteroatoms. The molecule has 0 aromatic heterocycles. The fourth-order valence-corrected chi connectivity index (χ4v) is 4.81. The summed E-state index contributed by atoms with van der Waals surface area (Å²) >= 11 is 0. The molecule has 1 N–H and O–H groups in total. The van der Waals surface area contributed by atoms with Gasteiger partial charge in [0.15, 0.2) is 0 Å². The molecule has 146 valence electrons. The van der Waals surface area contributed by atoms with Crippen molar-refractivity contribution in [2.75, 3.05) is 19.6 Å². The van der Waals surface area contributed by atoms with E-state index in [4.69, 9.17) is 0 Å². The number of sulfonamides is 2. The van der Waals surface area contributed by atoms with Crippen molar-refractivity contribution in [1.29, 1.82) is 0 Å². The smallest absolute Gasteiger partial charge is 0.211 e. The Balaban J connectivity index is 2.12. The van der Waals surface area contributed by atoms with Gasteiger partial charge in [-0.3, -0.25) is 0 Å². The summed E-state index contributed by atoms with van der Waals surface area (Å²) in [5.41, 5.74) is -0.924. The highest BCUT2D eigenvalue weighted by Crippen LogP contribution is 2.31. The molecule has 0 unspecified atom stereocenters. The number of hydrogen-bond donors (Lipinski definition) is 1. The van der Waals surface area contributed by atoms with Crippen LogP contribution in [-0.2, 0) is 26.2 Å². The molecule has 1 fully saturated rings. The van der Waals surface area contributed by atoms with Crippen LogP contribution >= 0.6 is 0 Å². The van der Waals surface area contributed by atoms with Gasteiger partial charge in [-0.1, -0.05) is 6.58 Å². The average Bonchev–Trinajstić information content (AvgIpc) is 2.60. The minimum absolute atomic E-state index is 0.0629. The molecule has 1 atom stereocenters. The van der Waals surface area contributed by atoms with E-state index in [9.17, 15) is 30.0 Å². The van der Waals surface area contributed by atoms with Gasteiger partial charge in [0.05, 0.1) is 10.5 Å². The molecule has 6 nitrogen and oxygen atoms in total. The van der Waals surface area contributed by atoms with Crippen LogP contribution in [0.5, 0.6) is 0 Å². The first-order chi connectivity index (χ1) is 12.0. The topological polar surface area (TPSA) is 83.6 Å². The van der Waals surface area contributed by atoms with E-state index in [1.807, 2.05) is 0 Å².